The topological polar surface area (TPSA) is 104 Å². The second-order valence-corrected chi connectivity index (χ2v) is 8.81. The second-order valence-electron chi connectivity index (χ2n) is 8.81. The monoisotopic (exact) mass is 407 g/mol. The molecule has 0 saturated heterocycles. The summed E-state index contributed by atoms with van der Waals surface area (Å²) in [5.74, 6) is -3.26. The number of anilines is 1. The molecule has 0 saturated carbocycles. The fourth-order valence-corrected chi connectivity index (χ4v) is 3.75. The molecule has 0 radical (unpaired) electrons. The third kappa shape index (κ3) is 3.73. The number of carbonyl (C=O) groups is 3. The second kappa shape index (κ2) is 7.13. The van der Waals surface area contributed by atoms with Crippen LogP contribution in [0.1, 0.15) is 75.5 Å². The Labute approximate surface area is 175 Å². The van der Waals surface area contributed by atoms with Crippen LogP contribution in [0.5, 0.6) is 0 Å². The molecule has 0 fully saturated rings. The molecule has 156 valence electrons. The number of aromatic carboxylic acids is 2. The molecule has 0 bridgehead atoms. The molecule has 1 amide bonds. The zero-order valence-electron chi connectivity index (χ0n) is 17.7. The van der Waals surface area contributed by atoms with E-state index in [1.165, 1.54) is 11.6 Å². The highest BCUT2D eigenvalue weighted by atomic mass is 16.4. The molecule has 3 N–H and O–H groups in total. The van der Waals surface area contributed by atoms with Crippen molar-refractivity contribution in [1.29, 1.82) is 0 Å². The first kappa shape index (κ1) is 21.3. The highest BCUT2D eigenvalue weighted by Gasteiger charge is 2.33. The van der Waals surface area contributed by atoms with Crippen molar-refractivity contribution in [2.75, 3.05) is 5.32 Å². The summed E-state index contributed by atoms with van der Waals surface area (Å²) in [7, 11) is 0. The minimum atomic E-state index is -1.40. The Morgan fingerprint density at radius 1 is 0.800 bits per heavy atom. The molecule has 0 aromatic heterocycles. The van der Waals surface area contributed by atoms with Gasteiger partial charge < -0.3 is 15.5 Å². The average molecular weight is 407 g/mol. The zero-order valence-corrected chi connectivity index (χ0v) is 17.7. The Balaban J connectivity index is 2.00. The maximum atomic E-state index is 12.8. The van der Waals surface area contributed by atoms with Crippen molar-refractivity contribution >= 4 is 23.5 Å². The van der Waals surface area contributed by atoms with Crippen molar-refractivity contribution < 1.29 is 24.6 Å². The summed E-state index contributed by atoms with van der Waals surface area (Å²) < 4.78 is 0. The van der Waals surface area contributed by atoms with E-state index in [4.69, 9.17) is 5.11 Å². The van der Waals surface area contributed by atoms with Crippen molar-refractivity contribution in [2.45, 2.75) is 45.4 Å². The number of allylic oxidation sites excluding steroid dienone is 2. The van der Waals surface area contributed by atoms with E-state index in [0.717, 1.165) is 23.3 Å². The number of amides is 1. The highest BCUT2D eigenvalue weighted by molar-refractivity contribution is 6.08. The zero-order chi connectivity index (χ0) is 22.4. The quantitative estimate of drug-likeness (QED) is 0.634. The van der Waals surface area contributed by atoms with Crippen LogP contribution in [0.4, 0.5) is 5.69 Å². The van der Waals surface area contributed by atoms with Crippen LogP contribution in [0.25, 0.3) is 0 Å². The molecule has 0 atom stereocenters. The van der Waals surface area contributed by atoms with Gasteiger partial charge in [-0.05, 0) is 47.9 Å². The van der Waals surface area contributed by atoms with Gasteiger partial charge in [0.05, 0.1) is 11.1 Å². The minimum Gasteiger partial charge on any atom is -0.478 e. The molecule has 6 nitrogen and oxygen atoms in total. The fraction of sp³-hybridized carbons (Fsp3) is 0.292. The Morgan fingerprint density at radius 3 is 1.87 bits per heavy atom. The lowest BCUT2D eigenvalue weighted by Gasteiger charge is -2.37. The largest absolute Gasteiger partial charge is 0.478 e. The van der Waals surface area contributed by atoms with Crippen LogP contribution in [-0.2, 0) is 10.8 Å². The SMILES string of the molecule is Cc1cc2c(cc1NC(=O)c1ccc(C(=O)O)c(C(=O)O)c1)C(C)(C)C=CC2(C)C. The van der Waals surface area contributed by atoms with Gasteiger partial charge in [0, 0.05) is 22.1 Å². The molecule has 6 heteroatoms. The number of nitrogens with one attached hydrogen (secondary N) is 1. The van der Waals surface area contributed by atoms with E-state index in [9.17, 15) is 19.5 Å². The molecule has 0 heterocycles. The summed E-state index contributed by atoms with van der Waals surface area (Å²) in [6, 6.07) is 7.58. The predicted molar refractivity (Wildman–Crippen MR) is 115 cm³/mol. The van der Waals surface area contributed by atoms with Gasteiger partial charge in [-0.25, -0.2) is 9.59 Å². The van der Waals surface area contributed by atoms with Crippen LogP contribution in [0.15, 0.2) is 42.5 Å². The first-order chi connectivity index (χ1) is 13.8. The summed E-state index contributed by atoms with van der Waals surface area (Å²) in [6.07, 6.45) is 4.37. The number of rotatable bonds is 4. The molecule has 2 aromatic rings. The highest BCUT2D eigenvalue weighted by Crippen LogP contribution is 2.43. The number of aryl methyl sites for hydroxylation is 1. The van der Waals surface area contributed by atoms with Crippen LogP contribution in [0.3, 0.4) is 0 Å². The Morgan fingerprint density at radius 2 is 1.33 bits per heavy atom. The number of carboxylic acids is 2. The number of benzene rings is 2. The number of hydrogen-bond acceptors (Lipinski definition) is 3. The maximum absolute atomic E-state index is 12.8. The van der Waals surface area contributed by atoms with E-state index in [1.807, 2.05) is 13.0 Å². The van der Waals surface area contributed by atoms with Crippen LogP contribution < -0.4 is 5.32 Å². The predicted octanol–water partition coefficient (Wildman–Crippen LogP) is 4.77. The van der Waals surface area contributed by atoms with Crippen LogP contribution >= 0.6 is 0 Å². The minimum absolute atomic E-state index is 0.0778. The van der Waals surface area contributed by atoms with E-state index >= 15 is 0 Å². The molecule has 30 heavy (non-hydrogen) atoms. The molecular formula is C24H25NO5. The molecule has 1 aliphatic rings. The molecule has 2 aromatic carbocycles. The lowest BCUT2D eigenvalue weighted by molar-refractivity contribution is 0.0651. The van der Waals surface area contributed by atoms with Gasteiger partial charge in [-0.1, -0.05) is 45.9 Å². The standard InChI is InChI=1S/C24H25NO5/c1-13-10-17-18(24(4,5)9-8-23(17,2)3)12-19(13)25-20(26)14-6-7-15(21(27)28)16(11-14)22(29)30/h6-12H,1-5H3,(H,25,26)(H,27,28)(H,29,30). The number of fused-ring (bicyclic) bond motifs is 1. The van der Waals surface area contributed by atoms with Gasteiger partial charge in [-0.15, -0.1) is 0 Å². The molecule has 0 aliphatic heterocycles. The van der Waals surface area contributed by atoms with Gasteiger partial charge in [0.2, 0.25) is 0 Å². The van der Waals surface area contributed by atoms with Gasteiger partial charge >= 0.3 is 11.9 Å². The Kier molecular flexibility index (Phi) is 5.06. The van der Waals surface area contributed by atoms with Gasteiger partial charge in [0.25, 0.3) is 5.91 Å². The van der Waals surface area contributed by atoms with Crippen LogP contribution in [0, 0.1) is 6.92 Å². The van der Waals surface area contributed by atoms with Crippen molar-refractivity contribution in [3.63, 3.8) is 0 Å². The van der Waals surface area contributed by atoms with E-state index in [1.54, 1.807) is 0 Å². The third-order valence-corrected chi connectivity index (χ3v) is 5.66. The van der Waals surface area contributed by atoms with E-state index in [-0.39, 0.29) is 22.0 Å². The lowest BCUT2D eigenvalue weighted by atomic mass is 9.67. The van der Waals surface area contributed by atoms with Gasteiger partial charge in [-0.2, -0.15) is 0 Å². The first-order valence-corrected chi connectivity index (χ1v) is 9.61. The van der Waals surface area contributed by atoms with E-state index in [2.05, 4.69) is 51.2 Å². The fourth-order valence-electron chi connectivity index (χ4n) is 3.75. The van der Waals surface area contributed by atoms with Crippen molar-refractivity contribution in [3.8, 4) is 0 Å². The maximum Gasteiger partial charge on any atom is 0.336 e. The van der Waals surface area contributed by atoms with Crippen molar-refractivity contribution in [1.82, 2.24) is 0 Å². The molecular weight excluding hydrogens is 382 g/mol. The summed E-state index contributed by atoms with van der Waals surface area (Å²) >= 11 is 0. The van der Waals surface area contributed by atoms with Crippen LogP contribution in [0.2, 0.25) is 0 Å². The summed E-state index contributed by atoms with van der Waals surface area (Å²) in [6.45, 7) is 10.4. The Hall–Kier alpha value is -3.41. The van der Waals surface area contributed by atoms with Gasteiger partial charge in [-0.3, -0.25) is 4.79 Å². The number of hydrogen-bond donors (Lipinski definition) is 3. The van der Waals surface area contributed by atoms with Crippen molar-refractivity contribution in [2.24, 2.45) is 0 Å². The van der Waals surface area contributed by atoms with E-state index < -0.39 is 23.4 Å². The summed E-state index contributed by atoms with van der Waals surface area (Å²) in [4.78, 5) is 35.4. The molecule has 1 aliphatic carbocycles. The summed E-state index contributed by atoms with van der Waals surface area (Å²) in [5.41, 5.74) is 2.81. The smallest absolute Gasteiger partial charge is 0.336 e. The van der Waals surface area contributed by atoms with Crippen LogP contribution in [-0.4, -0.2) is 28.1 Å². The van der Waals surface area contributed by atoms with Crippen molar-refractivity contribution in [3.05, 3.63) is 75.9 Å². The molecule has 0 unspecified atom stereocenters. The first-order valence-electron chi connectivity index (χ1n) is 9.61. The van der Waals surface area contributed by atoms with Gasteiger partial charge in [0.15, 0.2) is 0 Å². The third-order valence-electron chi connectivity index (χ3n) is 5.66. The summed E-state index contributed by atoms with van der Waals surface area (Å²) in [5, 5.41) is 21.3. The average Bonchev–Trinajstić information content (AvgIpc) is 2.66. The molecule has 3 rings (SSSR count). The number of carboxylic acid groups (broad SMARTS) is 2. The molecule has 0 spiro atoms. The normalized spacial score (nSPS) is 15.9. The van der Waals surface area contributed by atoms with Gasteiger partial charge in [0.1, 0.15) is 0 Å². The Bertz CT molecular complexity index is 1110. The van der Waals surface area contributed by atoms with E-state index in [0.29, 0.717) is 5.69 Å². The number of carbonyl (C=O) groups excluding carboxylic acids is 1. The lowest BCUT2D eigenvalue weighted by Crippen LogP contribution is -2.29.